The van der Waals surface area contributed by atoms with Gasteiger partial charge < -0.3 is 15.2 Å². The van der Waals surface area contributed by atoms with Crippen LogP contribution in [0.5, 0.6) is 5.75 Å². The van der Waals surface area contributed by atoms with E-state index < -0.39 is 12.3 Å². The van der Waals surface area contributed by atoms with Crippen LogP contribution >= 0.6 is 11.3 Å². The number of rotatable bonds is 5. The van der Waals surface area contributed by atoms with Crippen LogP contribution in [-0.2, 0) is 6.54 Å². The number of thiazole rings is 1. The van der Waals surface area contributed by atoms with Crippen LogP contribution in [0.15, 0.2) is 29.6 Å². The summed E-state index contributed by atoms with van der Waals surface area (Å²) in [6.45, 7) is 0.0853. The Morgan fingerprint density at radius 3 is 2.71 bits per heavy atom. The Labute approximate surface area is 121 Å². The van der Waals surface area contributed by atoms with E-state index in [0.717, 1.165) is 11.3 Å². The molecule has 0 atom stereocenters. The minimum Gasteiger partial charge on any atom is -0.476 e. The summed E-state index contributed by atoms with van der Waals surface area (Å²) in [7, 11) is 0. The molecular formula is C12H9F3N2O3S. The normalized spacial score (nSPS) is 11.2. The van der Waals surface area contributed by atoms with E-state index in [1.807, 2.05) is 0 Å². The minimum atomic E-state index is -4.78. The largest absolute Gasteiger partial charge is 0.573 e. The Kier molecular flexibility index (Phi) is 4.32. The molecule has 2 N–H and O–H groups in total. The number of halogens is 3. The highest BCUT2D eigenvalue weighted by molar-refractivity contribution is 7.11. The second kappa shape index (κ2) is 6.00. The minimum absolute atomic E-state index is 0.0772. The van der Waals surface area contributed by atoms with Gasteiger partial charge in [0.2, 0.25) is 5.01 Å². The predicted octanol–water partition coefficient (Wildman–Crippen LogP) is 3.35. The fraction of sp³-hybridized carbons (Fsp3) is 0.167. The van der Waals surface area contributed by atoms with E-state index in [-0.39, 0.29) is 23.0 Å². The van der Waals surface area contributed by atoms with E-state index in [1.165, 1.54) is 23.6 Å². The van der Waals surface area contributed by atoms with Gasteiger partial charge in [-0.05, 0) is 12.1 Å². The Bertz CT molecular complexity index is 643. The Morgan fingerprint density at radius 2 is 2.10 bits per heavy atom. The first-order chi connectivity index (χ1) is 9.85. The molecule has 0 radical (unpaired) electrons. The van der Waals surface area contributed by atoms with Crippen molar-refractivity contribution in [1.29, 1.82) is 0 Å². The lowest BCUT2D eigenvalue weighted by Gasteiger charge is -2.13. The average Bonchev–Trinajstić information content (AvgIpc) is 2.85. The van der Waals surface area contributed by atoms with Crippen molar-refractivity contribution in [3.8, 4) is 5.75 Å². The predicted molar refractivity (Wildman–Crippen MR) is 69.5 cm³/mol. The van der Waals surface area contributed by atoms with Gasteiger partial charge >= 0.3 is 12.3 Å². The molecule has 0 saturated carbocycles. The number of para-hydroxylation sites is 2. The molecule has 0 amide bonds. The van der Waals surface area contributed by atoms with E-state index in [0.29, 0.717) is 5.69 Å². The molecule has 0 fully saturated rings. The number of carbonyl (C=O) groups is 1. The van der Waals surface area contributed by atoms with Crippen LogP contribution in [0.1, 0.15) is 15.5 Å². The molecule has 1 aromatic heterocycles. The summed E-state index contributed by atoms with van der Waals surface area (Å²) in [5.74, 6) is -1.51. The molecule has 2 rings (SSSR count). The van der Waals surface area contributed by atoms with E-state index in [1.54, 1.807) is 6.07 Å². The van der Waals surface area contributed by atoms with Crippen molar-refractivity contribution in [2.24, 2.45) is 0 Å². The third-order valence-electron chi connectivity index (χ3n) is 2.31. The van der Waals surface area contributed by atoms with Crippen LogP contribution in [0.25, 0.3) is 0 Å². The molecule has 2 aromatic rings. The zero-order valence-corrected chi connectivity index (χ0v) is 11.2. The number of aromatic nitrogens is 1. The number of alkyl halides is 3. The maximum absolute atomic E-state index is 12.3. The van der Waals surface area contributed by atoms with Crippen LogP contribution < -0.4 is 10.1 Å². The van der Waals surface area contributed by atoms with Gasteiger partial charge in [-0.3, -0.25) is 0 Å². The molecule has 9 heteroatoms. The first kappa shape index (κ1) is 15.1. The lowest BCUT2D eigenvalue weighted by atomic mass is 10.3. The average molecular weight is 318 g/mol. The number of carboxylic acid groups (broad SMARTS) is 1. The summed E-state index contributed by atoms with van der Waals surface area (Å²) in [4.78, 5) is 14.5. The van der Waals surface area contributed by atoms with E-state index in [4.69, 9.17) is 5.11 Å². The van der Waals surface area contributed by atoms with Crippen LogP contribution in [0.2, 0.25) is 0 Å². The summed E-state index contributed by atoms with van der Waals surface area (Å²) in [6.07, 6.45) is -4.78. The molecule has 5 nitrogen and oxygen atoms in total. The Balaban J connectivity index is 2.07. The quantitative estimate of drug-likeness (QED) is 0.884. The third-order valence-corrected chi connectivity index (χ3v) is 3.19. The standard InChI is InChI=1S/C12H9F3N2O3S/c13-12(14,15)20-9-4-2-1-3-8(9)16-5-7-6-21-10(17-7)11(18)19/h1-4,6,16H,5H2,(H,18,19). The van der Waals surface area contributed by atoms with E-state index in [2.05, 4.69) is 15.0 Å². The van der Waals surface area contributed by atoms with Gasteiger partial charge in [0.05, 0.1) is 17.9 Å². The number of carboxylic acids is 1. The van der Waals surface area contributed by atoms with Gasteiger partial charge in [-0.2, -0.15) is 0 Å². The molecule has 0 saturated heterocycles. The van der Waals surface area contributed by atoms with Crippen molar-refractivity contribution < 1.29 is 27.8 Å². The first-order valence-corrected chi connectivity index (χ1v) is 6.49. The van der Waals surface area contributed by atoms with Crippen molar-refractivity contribution in [2.75, 3.05) is 5.32 Å². The molecule has 112 valence electrons. The summed E-state index contributed by atoms with van der Waals surface area (Å²) in [5.41, 5.74) is 0.555. The molecule has 0 aliphatic carbocycles. The molecule has 0 unspecified atom stereocenters. The zero-order valence-electron chi connectivity index (χ0n) is 10.3. The lowest BCUT2D eigenvalue weighted by molar-refractivity contribution is -0.274. The number of benzene rings is 1. The van der Waals surface area contributed by atoms with Crippen LogP contribution in [0.4, 0.5) is 18.9 Å². The van der Waals surface area contributed by atoms with Gasteiger partial charge in [0.1, 0.15) is 0 Å². The smallest absolute Gasteiger partial charge is 0.476 e. The molecule has 21 heavy (non-hydrogen) atoms. The fourth-order valence-electron chi connectivity index (χ4n) is 1.50. The van der Waals surface area contributed by atoms with Crippen molar-refractivity contribution in [1.82, 2.24) is 4.98 Å². The second-order valence-electron chi connectivity index (χ2n) is 3.85. The van der Waals surface area contributed by atoms with Crippen LogP contribution in [0.3, 0.4) is 0 Å². The molecular weight excluding hydrogens is 309 g/mol. The number of hydrogen-bond donors (Lipinski definition) is 2. The zero-order chi connectivity index (χ0) is 15.5. The monoisotopic (exact) mass is 318 g/mol. The van der Waals surface area contributed by atoms with Gasteiger partial charge in [0, 0.05) is 5.38 Å². The maximum Gasteiger partial charge on any atom is 0.573 e. The van der Waals surface area contributed by atoms with Gasteiger partial charge in [0.25, 0.3) is 0 Å². The summed E-state index contributed by atoms with van der Waals surface area (Å²) < 4.78 is 40.6. The van der Waals surface area contributed by atoms with E-state index >= 15 is 0 Å². The van der Waals surface area contributed by atoms with Crippen LogP contribution in [0, 0.1) is 0 Å². The topological polar surface area (TPSA) is 71.5 Å². The Hall–Kier alpha value is -2.29. The van der Waals surface area contributed by atoms with Crippen molar-refractivity contribution in [3.63, 3.8) is 0 Å². The highest BCUT2D eigenvalue weighted by atomic mass is 32.1. The van der Waals surface area contributed by atoms with E-state index in [9.17, 15) is 18.0 Å². The number of anilines is 1. The number of aromatic carboxylic acids is 1. The molecule has 1 aromatic carbocycles. The molecule has 0 spiro atoms. The number of ether oxygens (including phenoxy) is 1. The molecule has 1 heterocycles. The van der Waals surface area contributed by atoms with Crippen LogP contribution in [-0.4, -0.2) is 22.4 Å². The second-order valence-corrected chi connectivity index (χ2v) is 4.70. The Morgan fingerprint density at radius 1 is 1.38 bits per heavy atom. The highest BCUT2D eigenvalue weighted by Crippen LogP contribution is 2.30. The number of nitrogens with one attached hydrogen (secondary N) is 1. The van der Waals surface area contributed by atoms with Crippen molar-refractivity contribution in [2.45, 2.75) is 12.9 Å². The van der Waals surface area contributed by atoms with Gasteiger partial charge in [-0.25, -0.2) is 9.78 Å². The summed E-state index contributed by atoms with van der Waals surface area (Å²) in [6, 6.07) is 5.57. The summed E-state index contributed by atoms with van der Waals surface area (Å²) in [5, 5.41) is 12.9. The maximum atomic E-state index is 12.3. The van der Waals surface area contributed by atoms with Crippen molar-refractivity contribution in [3.05, 3.63) is 40.3 Å². The first-order valence-electron chi connectivity index (χ1n) is 5.61. The van der Waals surface area contributed by atoms with Gasteiger partial charge in [-0.1, -0.05) is 12.1 Å². The molecule has 0 aliphatic heterocycles. The fourth-order valence-corrected chi connectivity index (χ4v) is 2.15. The highest BCUT2D eigenvalue weighted by Gasteiger charge is 2.32. The summed E-state index contributed by atoms with van der Waals surface area (Å²) >= 11 is 0.945. The SMILES string of the molecule is O=C(O)c1nc(CNc2ccccc2OC(F)(F)F)cs1. The number of hydrogen-bond acceptors (Lipinski definition) is 5. The van der Waals surface area contributed by atoms with Crippen molar-refractivity contribution >= 4 is 23.0 Å². The third kappa shape index (κ3) is 4.35. The van der Waals surface area contributed by atoms with Gasteiger partial charge in [-0.15, -0.1) is 24.5 Å². The molecule has 0 bridgehead atoms. The van der Waals surface area contributed by atoms with Gasteiger partial charge in [0.15, 0.2) is 5.75 Å². The number of nitrogens with zero attached hydrogens (tertiary/aromatic N) is 1. The molecule has 0 aliphatic rings. The lowest BCUT2D eigenvalue weighted by Crippen LogP contribution is -2.18.